The van der Waals surface area contributed by atoms with Gasteiger partial charge in [0.25, 0.3) is 0 Å². The van der Waals surface area contributed by atoms with E-state index in [1.165, 1.54) is 0 Å². The van der Waals surface area contributed by atoms with E-state index in [0.29, 0.717) is 30.8 Å². The first-order valence-corrected chi connectivity index (χ1v) is 18.3. The van der Waals surface area contributed by atoms with E-state index in [1.807, 2.05) is 61.7 Å². The smallest absolute Gasteiger partial charge is 0.320 e. The lowest BCUT2D eigenvalue weighted by Crippen LogP contribution is -2.36. The van der Waals surface area contributed by atoms with E-state index in [0.717, 1.165) is 80.5 Å². The van der Waals surface area contributed by atoms with Gasteiger partial charge in [-0.1, -0.05) is 65.8 Å². The van der Waals surface area contributed by atoms with Gasteiger partial charge in [-0.3, -0.25) is 19.4 Å². The van der Waals surface area contributed by atoms with Gasteiger partial charge in [-0.2, -0.15) is 0 Å². The number of benzene rings is 1. The van der Waals surface area contributed by atoms with Crippen LogP contribution in [0.4, 0.5) is 10.6 Å². The number of carbonyl (C=O) groups excluding carboxylic acids is 2. The Morgan fingerprint density at radius 3 is 2.47 bits per heavy atom. The number of Topliss-reactive ketones (excluding diaryl/α,β-unsaturated/α-hetero) is 1. The monoisotopic (exact) mass is 696 g/mol. The van der Waals surface area contributed by atoms with E-state index in [9.17, 15) is 9.59 Å². The Morgan fingerprint density at radius 1 is 0.961 bits per heavy atom. The molecule has 1 aliphatic carbocycles. The quantitative estimate of drug-likeness (QED) is 0.119. The van der Waals surface area contributed by atoms with Crippen LogP contribution in [0.15, 0.2) is 48.7 Å². The van der Waals surface area contributed by atoms with Crippen LogP contribution in [0.1, 0.15) is 125 Å². The first-order chi connectivity index (χ1) is 24.4. The summed E-state index contributed by atoms with van der Waals surface area (Å²) in [5, 5.41) is 14.9. The highest BCUT2D eigenvalue weighted by Crippen LogP contribution is 2.39. The van der Waals surface area contributed by atoms with Gasteiger partial charge >= 0.3 is 6.03 Å². The molecule has 2 amide bonds. The highest BCUT2D eigenvalue weighted by atomic mass is 16.5. The minimum absolute atomic E-state index is 0.118. The molecular weight excluding hydrogens is 644 g/mol. The number of morpholine rings is 1. The van der Waals surface area contributed by atoms with Crippen LogP contribution in [-0.2, 0) is 15.6 Å². The van der Waals surface area contributed by atoms with Crippen molar-refractivity contribution >= 4 is 23.3 Å². The number of pyridine rings is 1. The van der Waals surface area contributed by atoms with E-state index in [-0.39, 0.29) is 40.6 Å². The van der Waals surface area contributed by atoms with Gasteiger partial charge < -0.3 is 14.8 Å². The molecule has 1 aromatic carbocycles. The molecule has 1 saturated heterocycles. The minimum Gasteiger partial charge on any atom is -0.484 e. The molecule has 1 aliphatic heterocycles. The SMILES string of the molecule is CCC(C)(C)c1nnc2ccc(O[C@@H]3CC[C@H](NC(=O)Nc4cc(C(C)(C)C)nc(C(=O)CCCCN5CCOCC5)n4)c4ccccc43)cn12. The highest BCUT2D eigenvalue weighted by molar-refractivity contribution is 5.94. The van der Waals surface area contributed by atoms with Crippen molar-refractivity contribution in [1.82, 2.24) is 34.8 Å². The van der Waals surface area contributed by atoms with Crippen molar-refractivity contribution in [3.05, 3.63) is 77.1 Å². The summed E-state index contributed by atoms with van der Waals surface area (Å²) in [4.78, 5) is 38.2. The molecule has 6 rings (SSSR count). The number of hydrogen-bond acceptors (Lipinski definition) is 9. The Balaban J connectivity index is 1.12. The van der Waals surface area contributed by atoms with Crippen molar-refractivity contribution in [2.45, 2.75) is 103 Å². The molecule has 4 heterocycles. The van der Waals surface area contributed by atoms with Gasteiger partial charge in [0, 0.05) is 36.4 Å². The standard InChI is InChI=1S/C39H52N8O4/c1-7-39(5,6)36-45-44-34-18-15-26(25-47(34)36)51-31-17-16-29(27-12-8-9-13-28(27)31)40-37(49)43-33-24-32(38(2,3)4)41-35(42-33)30(48)14-10-11-19-46-20-22-50-23-21-46/h8-9,12-13,15,18,24-25,29,31H,7,10-11,14,16-17,19-23H2,1-6H3,(H2,40,41,42,43,49)/t29-,31+/m0/s1. The zero-order valence-corrected chi connectivity index (χ0v) is 30.9. The summed E-state index contributed by atoms with van der Waals surface area (Å²) in [6.45, 7) is 16.9. The molecule has 3 aromatic heterocycles. The zero-order chi connectivity index (χ0) is 36.2. The normalized spacial score (nSPS) is 18.3. The first kappa shape index (κ1) is 36.4. The maximum absolute atomic E-state index is 13.5. The van der Waals surface area contributed by atoms with Gasteiger partial charge in [-0.25, -0.2) is 14.8 Å². The third-order valence-corrected chi connectivity index (χ3v) is 10.1. The molecule has 4 aromatic rings. The maximum atomic E-state index is 13.5. The first-order valence-electron chi connectivity index (χ1n) is 18.3. The fourth-order valence-electron chi connectivity index (χ4n) is 6.64. The second kappa shape index (κ2) is 15.4. The maximum Gasteiger partial charge on any atom is 0.320 e. The molecule has 0 unspecified atom stereocenters. The summed E-state index contributed by atoms with van der Waals surface area (Å²) in [6, 6.07) is 13.1. The van der Waals surface area contributed by atoms with Crippen LogP contribution in [0.3, 0.4) is 0 Å². The van der Waals surface area contributed by atoms with Crippen LogP contribution >= 0.6 is 0 Å². The summed E-state index contributed by atoms with van der Waals surface area (Å²) in [6.07, 6.45) is 6.14. The number of amides is 2. The van der Waals surface area contributed by atoms with E-state index >= 15 is 0 Å². The number of anilines is 1. The molecular formula is C39H52N8O4. The Kier molecular flexibility index (Phi) is 11.0. The van der Waals surface area contributed by atoms with Gasteiger partial charge in [0.1, 0.15) is 23.5 Å². The molecule has 1 fully saturated rings. The van der Waals surface area contributed by atoms with E-state index < -0.39 is 0 Å². The van der Waals surface area contributed by atoms with Crippen LogP contribution in [0.25, 0.3) is 5.65 Å². The molecule has 0 spiro atoms. The third-order valence-electron chi connectivity index (χ3n) is 10.1. The third kappa shape index (κ3) is 8.73. The molecule has 12 heteroatoms. The number of hydrogen-bond donors (Lipinski definition) is 2. The van der Waals surface area contributed by atoms with Crippen molar-refractivity contribution in [3.63, 3.8) is 0 Å². The van der Waals surface area contributed by atoms with Crippen LogP contribution in [0, 0.1) is 0 Å². The van der Waals surface area contributed by atoms with E-state index in [4.69, 9.17) is 9.47 Å². The summed E-state index contributed by atoms with van der Waals surface area (Å²) in [7, 11) is 0. The lowest BCUT2D eigenvalue weighted by molar-refractivity contribution is 0.0371. The average Bonchev–Trinajstić information content (AvgIpc) is 3.55. The van der Waals surface area contributed by atoms with Gasteiger partial charge in [0.2, 0.25) is 0 Å². The molecule has 2 N–H and O–H groups in total. The predicted molar refractivity (Wildman–Crippen MR) is 196 cm³/mol. The summed E-state index contributed by atoms with van der Waals surface area (Å²) in [5.74, 6) is 1.97. The number of aromatic nitrogens is 5. The largest absolute Gasteiger partial charge is 0.484 e. The van der Waals surface area contributed by atoms with Gasteiger partial charge in [-0.05, 0) is 61.9 Å². The van der Waals surface area contributed by atoms with Crippen molar-refractivity contribution in [1.29, 1.82) is 0 Å². The lowest BCUT2D eigenvalue weighted by Gasteiger charge is -2.32. The van der Waals surface area contributed by atoms with Crippen LogP contribution in [0.2, 0.25) is 0 Å². The fourth-order valence-corrected chi connectivity index (χ4v) is 6.64. The van der Waals surface area contributed by atoms with Crippen molar-refractivity contribution in [2.75, 3.05) is 38.2 Å². The van der Waals surface area contributed by atoms with Crippen LogP contribution in [0.5, 0.6) is 5.75 Å². The molecule has 12 nitrogen and oxygen atoms in total. The molecule has 0 radical (unpaired) electrons. The zero-order valence-electron chi connectivity index (χ0n) is 30.9. The number of ether oxygens (including phenoxy) is 2. The fraction of sp³-hybridized carbons (Fsp3) is 0.538. The number of ketones is 1. The molecule has 0 saturated carbocycles. The number of nitrogens with one attached hydrogen (secondary N) is 2. The van der Waals surface area contributed by atoms with Crippen molar-refractivity contribution in [2.24, 2.45) is 0 Å². The summed E-state index contributed by atoms with van der Waals surface area (Å²) >= 11 is 0. The van der Waals surface area contributed by atoms with E-state index in [2.05, 4.69) is 62.5 Å². The topological polar surface area (TPSA) is 136 Å². The average molecular weight is 697 g/mol. The van der Waals surface area contributed by atoms with Crippen molar-refractivity contribution < 1.29 is 19.1 Å². The number of nitrogens with zero attached hydrogens (tertiary/aromatic N) is 6. The molecule has 0 bridgehead atoms. The van der Waals surface area contributed by atoms with E-state index in [1.54, 1.807) is 6.07 Å². The Labute approximate surface area is 300 Å². The lowest BCUT2D eigenvalue weighted by atomic mass is 9.85. The molecule has 2 aliphatic rings. The van der Waals surface area contributed by atoms with Gasteiger partial charge in [0.05, 0.1) is 31.1 Å². The number of rotatable bonds is 12. The Hall–Kier alpha value is -4.42. The minimum atomic E-state index is -0.388. The Morgan fingerprint density at radius 2 is 1.73 bits per heavy atom. The van der Waals surface area contributed by atoms with Gasteiger partial charge in [0.15, 0.2) is 17.3 Å². The van der Waals surface area contributed by atoms with Gasteiger partial charge in [-0.15, -0.1) is 10.2 Å². The number of unbranched alkanes of at least 4 members (excludes halogenated alkanes) is 1. The number of carbonyl (C=O) groups is 2. The summed E-state index contributed by atoms with van der Waals surface area (Å²) in [5.41, 5.74) is 3.05. The second-order valence-corrected chi connectivity index (χ2v) is 15.4. The molecule has 2 atom stereocenters. The van der Waals surface area contributed by atoms with Crippen LogP contribution < -0.4 is 15.4 Å². The highest BCUT2D eigenvalue weighted by Gasteiger charge is 2.31. The molecule has 272 valence electrons. The number of urea groups is 1. The predicted octanol–water partition coefficient (Wildman–Crippen LogP) is 6.97. The van der Waals surface area contributed by atoms with Crippen molar-refractivity contribution in [3.8, 4) is 5.75 Å². The van der Waals surface area contributed by atoms with Crippen LogP contribution in [-0.4, -0.2) is 74.1 Å². The molecule has 51 heavy (non-hydrogen) atoms. The Bertz CT molecular complexity index is 1840. The second-order valence-electron chi connectivity index (χ2n) is 15.4. The summed E-state index contributed by atoms with van der Waals surface area (Å²) < 4.78 is 14.0. The number of fused-ring (bicyclic) bond motifs is 2.